The van der Waals surface area contributed by atoms with Crippen LogP contribution < -0.4 is 5.73 Å². The van der Waals surface area contributed by atoms with Gasteiger partial charge in [-0.2, -0.15) is 5.10 Å². The predicted molar refractivity (Wildman–Crippen MR) is 72.5 cm³/mol. The van der Waals surface area contributed by atoms with Crippen molar-refractivity contribution < 1.29 is 0 Å². The quantitative estimate of drug-likeness (QED) is 0.749. The van der Waals surface area contributed by atoms with Gasteiger partial charge in [-0.3, -0.25) is 4.68 Å². The third-order valence-electron chi connectivity index (χ3n) is 2.72. The maximum atomic E-state index is 5.92. The molecule has 0 saturated heterocycles. The molecular weight excluding hydrogens is 280 g/mol. The van der Waals surface area contributed by atoms with Crippen LogP contribution in [0.2, 0.25) is 0 Å². The first-order valence-electron chi connectivity index (χ1n) is 5.20. The molecule has 0 amide bonds. The number of anilines is 1. The fourth-order valence-electron chi connectivity index (χ4n) is 1.93. The monoisotopic (exact) mass is 289 g/mol. The second kappa shape index (κ2) is 3.70. The van der Waals surface area contributed by atoms with Crippen molar-refractivity contribution in [1.82, 2.24) is 14.8 Å². The Morgan fingerprint density at radius 1 is 1.35 bits per heavy atom. The highest BCUT2D eigenvalue weighted by Crippen LogP contribution is 2.28. The normalized spacial score (nSPS) is 11.4. The van der Waals surface area contributed by atoms with E-state index in [0.29, 0.717) is 12.4 Å². The van der Waals surface area contributed by atoms with Gasteiger partial charge in [0, 0.05) is 28.0 Å². The van der Waals surface area contributed by atoms with Gasteiger partial charge in [0.2, 0.25) is 0 Å². The molecule has 0 aliphatic rings. The molecule has 0 aliphatic carbocycles. The number of benzene rings is 1. The predicted octanol–water partition coefficient (Wildman–Crippen LogP) is 2.76. The summed E-state index contributed by atoms with van der Waals surface area (Å²) < 4.78 is 2.75. The lowest BCUT2D eigenvalue weighted by molar-refractivity contribution is 0.709. The van der Waals surface area contributed by atoms with Crippen molar-refractivity contribution in [3.63, 3.8) is 0 Å². The third kappa shape index (κ3) is 1.58. The van der Waals surface area contributed by atoms with Crippen LogP contribution in [-0.2, 0) is 6.54 Å². The van der Waals surface area contributed by atoms with Crippen LogP contribution in [0.15, 0.2) is 28.9 Å². The van der Waals surface area contributed by atoms with Gasteiger partial charge in [0.15, 0.2) is 5.82 Å². The van der Waals surface area contributed by atoms with Crippen molar-refractivity contribution in [3.05, 3.63) is 35.8 Å². The molecular formula is C12H10BrN4. The van der Waals surface area contributed by atoms with Crippen molar-refractivity contribution in [2.45, 2.75) is 6.54 Å². The molecule has 3 aromatic rings. The van der Waals surface area contributed by atoms with Crippen LogP contribution in [0.4, 0.5) is 5.82 Å². The molecule has 2 heterocycles. The first-order chi connectivity index (χ1) is 8.19. The number of nitrogens with zero attached hydrogens (tertiary/aromatic N) is 3. The SMILES string of the molecule is [CH2]Cn1cc2c(n1)c(N)nc1cc(Br)ccc12. The van der Waals surface area contributed by atoms with E-state index in [-0.39, 0.29) is 0 Å². The summed E-state index contributed by atoms with van der Waals surface area (Å²) in [6, 6.07) is 5.96. The average Bonchev–Trinajstić information content (AvgIpc) is 2.73. The second-order valence-electron chi connectivity index (χ2n) is 3.81. The minimum absolute atomic E-state index is 0.456. The number of fused-ring (bicyclic) bond motifs is 3. The van der Waals surface area contributed by atoms with E-state index in [9.17, 15) is 0 Å². The fraction of sp³-hybridized carbons (Fsp3) is 0.0833. The number of rotatable bonds is 1. The van der Waals surface area contributed by atoms with Gasteiger partial charge in [-0.05, 0) is 19.1 Å². The third-order valence-corrected chi connectivity index (χ3v) is 3.22. The highest BCUT2D eigenvalue weighted by molar-refractivity contribution is 9.10. The lowest BCUT2D eigenvalue weighted by Gasteiger charge is -2.01. The molecule has 0 spiro atoms. The van der Waals surface area contributed by atoms with Gasteiger partial charge in [0.05, 0.1) is 5.52 Å². The van der Waals surface area contributed by atoms with Gasteiger partial charge in [0.1, 0.15) is 5.52 Å². The van der Waals surface area contributed by atoms with Crippen LogP contribution in [-0.4, -0.2) is 14.8 Å². The van der Waals surface area contributed by atoms with E-state index in [4.69, 9.17) is 5.73 Å². The summed E-state index contributed by atoms with van der Waals surface area (Å²) in [6.45, 7) is 4.38. The standard InChI is InChI=1S/C12H10BrN4/c1-2-17-6-9-8-4-3-7(13)5-10(8)15-12(14)11(9)16-17/h3-6H,1-2H2,(H2,14,15). The Hall–Kier alpha value is -1.62. The van der Waals surface area contributed by atoms with Gasteiger partial charge >= 0.3 is 0 Å². The van der Waals surface area contributed by atoms with Gasteiger partial charge in [-0.1, -0.05) is 22.0 Å². The van der Waals surface area contributed by atoms with Crippen LogP contribution in [0, 0.1) is 6.92 Å². The molecule has 3 rings (SSSR count). The molecule has 17 heavy (non-hydrogen) atoms. The van der Waals surface area contributed by atoms with Crippen LogP contribution in [0.3, 0.4) is 0 Å². The smallest absolute Gasteiger partial charge is 0.152 e. The Balaban J connectivity index is 2.49. The highest BCUT2D eigenvalue weighted by Gasteiger charge is 2.10. The Morgan fingerprint density at radius 3 is 2.94 bits per heavy atom. The van der Waals surface area contributed by atoms with E-state index in [1.807, 2.05) is 24.4 Å². The van der Waals surface area contributed by atoms with Crippen LogP contribution in [0.1, 0.15) is 0 Å². The number of hydrogen-bond acceptors (Lipinski definition) is 3. The van der Waals surface area contributed by atoms with Crippen molar-refractivity contribution in [2.24, 2.45) is 0 Å². The van der Waals surface area contributed by atoms with Crippen LogP contribution in [0.5, 0.6) is 0 Å². The molecule has 1 radical (unpaired) electrons. The second-order valence-corrected chi connectivity index (χ2v) is 4.73. The van der Waals surface area contributed by atoms with Gasteiger partial charge in [-0.25, -0.2) is 4.98 Å². The number of pyridine rings is 1. The molecule has 0 unspecified atom stereocenters. The van der Waals surface area contributed by atoms with E-state index in [1.165, 1.54) is 0 Å². The van der Waals surface area contributed by atoms with Crippen molar-refractivity contribution in [2.75, 3.05) is 5.73 Å². The molecule has 0 fully saturated rings. The first kappa shape index (κ1) is 10.5. The summed E-state index contributed by atoms with van der Waals surface area (Å²) in [7, 11) is 0. The van der Waals surface area contributed by atoms with E-state index < -0.39 is 0 Å². The summed E-state index contributed by atoms with van der Waals surface area (Å²) in [4.78, 5) is 4.36. The fourth-order valence-corrected chi connectivity index (χ4v) is 2.28. The Bertz CT molecular complexity index is 717. The molecule has 0 bridgehead atoms. The summed E-state index contributed by atoms with van der Waals surface area (Å²) in [5.41, 5.74) is 7.53. The zero-order valence-electron chi connectivity index (χ0n) is 9.02. The molecule has 2 N–H and O–H groups in total. The number of hydrogen-bond donors (Lipinski definition) is 1. The number of nitrogens with two attached hydrogens (primary N) is 1. The summed E-state index contributed by atoms with van der Waals surface area (Å²) in [6.07, 6.45) is 1.95. The Kier molecular flexibility index (Phi) is 2.29. The number of halogens is 1. The van der Waals surface area contributed by atoms with E-state index in [1.54, 1.807) is 4.68 Å². The minimum atomic E-state index is 0.456. The van der Waals surface area contributed by atoms with Crippen molar-refractivity contribution in [3.8, 4) is 0 Å². The van der Waals surface area contributed by atoms with Gasteiger partial charge in [0.25, 0.3) is 0 Å². The zero-order chi connectivity index (χ0) is 12.0. The number of nitrogen functional groups attached to an aromatic ring is 1. The Labute approximate surface area is 107 Å². The lowest BCUT2D eigenvalue weighted by atomic mass is 10.1. The van der Waals surface area contributed by atoms with E-state index in [2.05, 4.69) is 32.9 Å². The minimum Gasteiger partial charge on any atom is -0.382 e. The largest absolute Gasteiger partial charge is 0.382 e. The summed E-state index contributed by atoms with van der Waals surface area (Å²) >= 11 is 3.43. The summed E-state index contributed by atoms with van der Waals surface area (Å²) in [5, 5.41) is 6.43. The van der Waals surface area contributed by atoms with Crippen LogP contribution in [0.25, 0.3) is 21.8 Å². The van der Waals surface area contributed by atoms with Crippen molar-refractivity contribution in [1.29, 1.82) is 0 Å². The maximum Gasteiger partial charge on any atom is 0.152 e. The molecule has 85 valence electrons. The number of aromatic nitrogens is 3. The van der Waals surface area contributed by atoms with Crippen LogP contribution >= 0.6 is 15.9 Å². The maximum absolute atomic E-state index is 5.92. The van der Waals surface area contributed by atoms with Gasteiger partial charge in [-0.15, -0.1) is 0 Å². The zero-order valence-corrected chi connectivity index (χ0v) is 10.6. The molecule has 0 saturated carbocycles. The van der Waals surface area contributed by atoms with E-state index in [0.717, 1.165) is 26.3 Å². The molecule has 4 nitrogen and oxygen atoms in total. The topological polar surface area (TPSA) is 56.7 Å². The average molecular weight is 290 g/mol. The summed E-state index contributed by atoms with van der Waals surface area (Å²) in [5.74, 6) is 0.456. The van der Waals surface area contributed by atoms with Crippen molar-refractivity contribution >= 4 is 43.6 Å². The Morgan fingerprint density at radius 2 is 2.18 bits per heavy atom. The molecule has 1 aromatic carbocycles. The molecule has 0 aliphatic heterocycles. The highest BCUT2D eigenvalue weighted by atomic mass is 79.9. The molecule has 2 aromatic heterocycles. The molecule has 5 heteroatoms. The lowest BCUT2D eigenvalue weighted by Crippen LogP contribution is -1.95. The molecule has 0 atom stereocenters. The first-order valence-corrected chi connectivity index (χ1v) is 5.99. The van der Waals surface area contributed by atoms with E-state index >= 15 is 0 Å². The van der Waals surface area contributed by atoms with Gasteiger partial charge < -0.3 is 5.73 Å².